The SMILES string of the molecule is CC(C)(O)Cn1cnc2c(-c3cnn(SF)c3)nc(-c3ccc(C(F)(F)F)cn3)cc2c1=O. The summed E-state index contributed by atoms with van der Waals surface area (Å²) in [6, 6.07) is 3.38. The molecule has 0 aliphatic carbocycles. The number of hydrogen-bond acceptors (Lipinski definition) is 7. The highest BCUT2D eigenvalue weighted by molar-refractivity contribution is 7.92. The molecule has 8 nitrogen and oxygen atoms in total. The third kappa shape index (κ3) is 4.73. The predicted molar refractivity (Wildman–Crippen MR) is 114 cm³/mol. The van der Waals surface area contributed by atoms with E-state index in [-0.39, 0.29) is 46.9 Å². The minimum absolute atomic E-state index is 0.0449. The van der Waals surface area contributed by atoms with Gasteiger partial charge in [0, 0.05) is 18.0 Å². The number of rotatable bonds is 5. The van der Waals surface area contributed by atoms with E-state index >= 15 is 0 Å². The van der Waals surface area contributed by atoms with Crippen LogP contribution in [0.2, 0.25) is 0 Å². The van der Waals surface area contributed by atoms with Crippen molar-refractivity contribution in [3.05, 3.63) is 59.0 Å². The van der Waals surface area contributed by atoms with Crippen molar-refractivity contribution in [2.45, 2.75) is 32.2 Å². The average molecular weight is 480 g/mol. The van der Waals surface area contributed by atoms with Gasteiger partial charge >= 0.3 is 6.18 Å². The van der Waals surface area contributed by atoms with Crippen molar-refractivity contribution in [3.8, 4) is 22.6 Å². The number of nitrogens with zero attached hydrogens (tertiary/aromatic N) is 6. The Kier molecular flexibility index (Phi) is 5.70. The molecule has 4 aromatic heterocycles. The van der Waals surface area contributed by atoms with Gasteiger partial charge in [-0.1, -0.05) is 0 Å². The summed E-state index contributed by atoms with van der Waals surface area (Å²) in [5.74, 6) is 0. The second-order valence-corrected chi connectivity index (χ2v) is 8.38. The van der Waals surface area contributed by atoms with E-state index in [1.54, 1.807) is 0 Å². The van der Waals surface area contributed by atoms with E-state index in [0.717, 1.165) is 16.2 Å². The van der Waals surface area contributed by atoms with Gasteiger partial charge in [-0.3, -0.25) is 14.3 Å². The van der Waals surface area contributed by atoms with Gasteiger partial charge in [0.2, 0.25) is 0 Å². The zero-order valence-electron chi connectivity index (χ0n) is 17.2. The lowest BCUT2D eigenvalue weighted by Crippen LogP contribution is -2.33. The molecule has 1 N–H and O–H groups in total. The van der Waals surface area contributed by atoms with Gasteiger partial charge in [0.15, 0.2) is 12.3 Å². The number of fused-ring (bicyclic) bond motifs is 1. The van der Waals surface area contributed by atoms with E-state index in [0.29, 0.717) is 11.8 Å². The zero-order valence-corrected chi connectivity index (χ0v) is 18.0. The van der Waals surface area contributed by atoms with Gasteiger partial charge in [-0.05, 0) is 32.0 Å². The maximum atomic E-state index is 13.2. The first kappa shape index (κ1) is 22.9. The van der Waals surface area contributed by atoms with Gasteiger partial charge in [-0.25, -0.2) is 9.97 Å². The van der Waals surface area contributed by atoms with E-state index in [9.17, 15) is 27.0 Å². The molecule has 0 aliphatic rings. The lowest BCUT2D eigenvalue weighted by molar-refractivity contribution is -0.137. The normalized spacial score (nSPS) is 12.5. The van der Waals surface area contributed by atoms with Crippen LogP contribution in [-0.4, -0.2) is 39.4 Å². The van der Waals surface area contributed by atoms with Crippen LogP contribution in [0.25, 0.3) is 33.5 Å². The Hall–Kier alpha value is -3.32. The smallest absolute Gasteiger partial charge is 0.389 e. The van der Waals surface area contributed by atoms with Crippen molar-refractivity contribution in [2.24, 2.45) is 0 Å². The molecular weight excluding hydrogens is 464 g/mol. The number of hydrogen-bond donors (Lipinski definition) is 1. The van der Waals surface area contributed by atoms with E-state index in [2.05, 4.69) is 20.1 Å². The van der Waals surface area contributed by atoms with Crippen LogP contribution < -0.4 is 5.56 Å². The van der Waals surface area contributed by atoms with Gasteiger partial charge < -0.3 is 5.11 Å². The quantitative estimate of drug-likeness (QED) is 0.433. The maximum Gasteiger partial charge on any atom is 0.417 e. The number of pyridine rings is 2. The van der Waals surface area contributed by atoms with Gasteiger partial charge in [0.05, 0.1) is 47.0 Å². The molecule has 0 aliphatic heterocycles. The molecule has 0 bridgehead atoms. The summed E-state index contributed by atoms with van der Waals surface area (Å²) in [5.41, 5.74) is -1.71. The standard InChI is InChI=1S/C20H16F4N6O2S/c1-19(2,32)9-29-10-26-17-13(18(29)31)5-15(14-4-3-12(7-25-14)20(21,22)23)28-16(17)11-6-27-30(8-11)33-24/h3-8,10,32H,9H2,1-2H3. The molecule has 0 atom stereocenters. The van der Waals surface area contributed by atoms with Gasteiger partial charge in [-0.2, -0.15) is 22.4 Å². The van der Waals surface area contributed by atoms with E-state index in [4.69, 9.17) is 0 Å². The summed E-state index contributed by atoms with van der Waals surface area (Å²) in [6.07, 6.45) is 0.0380. The number of alkyl halides is 3. The van der Waals surface area contributed by atoms with Crippen LogP contribution in [-0.2, 0) is 12.7 Å². The monoisotopic (exact) mass is 480 g/mol. The van der Waals surface area contributed by atoms with Crippen LogP contribution in [0.4, 0.5) is 17.1 Å². The first-order chi connectivity index (χ1) is 15.5. The maximum absolute atomic E-state index is 13.2. The molecule has 0 aromatic carbocycles. The Bertz CT molecular complexity index is 1380. The molecule has 0 spiro atoms. The van der Waals surface area contributed by atoms with Crippen molar-refractivity contribution >= 4 is 23.2 Å². The van der Waals surface area contributed by atoms with Crippen LogP contribution >= 0.6 is 12.3 Å². The minimum atomic E-state index is -4.55. The third-order valence-electron chi connectivity index (χ3n) is 4.63. The van der Waals surface area contributed by atoms with Gasteiger partial charge in [0.25, 0.3) is 5.56 Å². The molecule has 4 rings (SSSR count). The highest BCUT2D eigenvalue weighted by atomic mass is 32.2. The Balaban J connectivity index is 1.95. The van der Waals surface area contributed by atoms with Gasteiger partial charge in [0.1, 0.15) is 11.2 Å². The molecule has 0 radical (unpaired) electrons. The molecule has 0 saturated heterocycles. The fraction of sp³-hybridized carbons (Fsp3) is 0.250. The van der Waals surface area contributed by atoms with Crippen molar-refractivity contribution in [2.75, 3.05) is 0 Å². The zero-order chi connectivity index (χ0) is 24.0. The number of aromatic nitrogens is 6. The van der Waals surface area contributed by atoms with Crippen LogP contribution in [0, 0.1) is 0 Å². The largest absolute Gasteiger partial charge is 0.417 e. The van der Waals surface area contributed by atoms with Gasteiger partial charge in [-0.15, -0.1) is 3.89 Å². The number of aliphatic hydroxyl groups is 1. The molecule has 0 saturated carbocycles. The Morgan fingerprint density at radius 3 is 2.45 bits per heavy atom. The fourth-order valence-electron chi connectivity index (χ4n) is 3.21. The fourth-order valence-corrected chi connectivity index (χ4v) is 3.44. The van der Waals surface area contributed by atoms with Crippen molar-refractivity contribution in [1.29, 1.82) is 0 Å². The first-order valence-electron chi connectivity index (χ1n) is 9.46. The first-order valence-corrected chi connectivity index (χ1v) is 10.1. The van der Waals surface area contributed by atoms with Crippen LogP contribution in [0.1, 0.15) is 19.4 Å². The predicted octanol–water partition coefficient (Wildman–Crippen LogP) is 3.89. The van der Waals surface area contributed by atoms with Crippen molar-refractivity contribution < 1.29 is 22.2 Å². The third-order valence-corrected chi connectivity index (χ3v) is 4.97. The Labute approximate surface area is 188 Å². The number of halogens is 4. The second-order valence-electron chi connectivity index (χ2n) is 7.87. The van der Waals surface area contributed by atoms with E-state index < -0.39 is 22.9 Å². The highest BCUT2D eigenvalue weighted by Crippen LogP contribution is 2.31. The molecule has 0 amide bonds. The molecule has 0 fully saturated rings. The molecule has 0 unspecified atom stereocenters. The summed E-state index contributed by atoms with van der Waals surface area (Å²) >= 11 is -0.149. The average Bonchev–Trinajstić information content (AvgIpc) is 3.23. The minimum Gasteiger partial charge on any atom is -0.389 e. The lowest BCUT2D eigenvalue weighted by atomic mass is 10.1. The van der Waals surface area contributed by atoms with Crippen LogP contribution in [0.5, 0.6) is 0 Å². The molecule has 172 valence electrons. The summed E-state index contributed by atoms with van der Waals surface area (Å²) in [6.45, 7) is 3.01. The lowest BCUT2D eigenvalue weighted by Gasteiger charge is -2.18. The molecule has 13 heteroatoms. The Morgan fingerprint density at radius 1 is 1.12 bits per heavy atom. The molecule has 4 aromatic rings. The second kappa shape index (κ2) is 8.23. The van der Waals surface area contributed by atoms with E-state index in [1.165, 1.54) is 43.2 Å². The summed E-state index contributed by atoms with van der Waals surface area (Å²) < 4.78 is 53.8. The van der Waals surface area contributed by atoms with Crippen molar-refractivity contribution in [1.82, 2.24) is 28.7 Å². The van der Waals surface area contributed by atoms with E-state index in [1.807, 2.05) is 0 Å². The Morgan fingerprint density at radius 2 is 1.88 bits per heavy atom. The highest BCUT2D eigenvalue weighted by Gasteiger charge is 2.31. The molecule has 4 heterocycles. The molecular formula is C20H16F4N6O2S. The molecule has 33 heavy (non-hydrogen) atoms. The van der Waals surface area contributed by atoms with Crippen molar-refractivity contribution in [3.63, 3.8) is 0 Å². The van der Waals surface area contributed by atoms with Crippen LogP contribution in [0.3, 0.4) is 0 Å². The summed E-state index contributed by atoms with van der Waals surface area (Å²) in [4.78, 5) is 25.7. The summed E-state index contributed by atoms with van der Waals surface area (Å²) in [7, 11) is 0. The topological polar surface area (TPSA) is 98.7 Å². The summed E-state index contributed by atoms with van der Waals surface area (Å²) in [5, 5.41) is 14.0. The van der Waals surface area contributed by atoms with Crippen LogP contribution in [0.15, 0.2) is 47.9 Å².